The van der Waals surface area contributed by atoms with Crippen molar-refractivity contribution in [1.29, 1.82) is 5.26 Å². The minimum absolute atomic E-state index is 0.107. The van der Waals surface area contributed by atoms with Gasteiger partial charge in [0.05, 0.1) is 6.61 Å². The zero-order chi connectivity index (χ0) is 14.6. The smallest absolute Gasteiger partial charge is 0.244 e. The number of nitriles is 1. The number of rotatable bonds is 4. The SMILES string of the molecule is CN(CC1CCCOC1)S(=O)(=O)c1ccc(C#N)nc1. The Kier molecular flexibility index (Phi) is 4.70. The van der Waals surface area contributed by atoms with E-state index in [0.29, 0.717) is 13.2 Å². The van der Waals surface area contributed by atoms with Gasteiger partial charge in [0, 0.05) is 26.4 Å². The molecule has 0 radical (unpaired) electrons. The minimum atomic E-state index is -3.56. The van der Waals surface area contributed by atoms with Crippen molar-refractivity contribution < 1.29 is 13.2 Å². The lowest BCUT2D eigenvalue weighted by Crippen LogP contribution is -2.35. The van der Waals surface area contributed by atoms with Crippen LogP contribution in [0.25, 0.3) is 0 Å². The molecule has 2 heterocycles. The average Bonchev–Trinajstić information content (AvgIpc) is 2.48. The Morgan fingerprint density at radius 3 is 2.90 bits per heavy atom. The first-order valence-corrected chi connectivity index (χ1v) is 7.88. The van der Waals surface area contributed by atoms with Crippen LogP contribution in [0.5, 0.6) is 0 Å². The van der Waals surface area contributed by atoms with E-state index in [0.717, 1.165) is 19.4 Å². The van der Waals surface area contributed by atoms with E-state index in [1.807, 2.05) is 6.07 Å². The molecule has 0 spiro atoms. The van der Waals surface area contributed by atoms with Crippen molar-refractivity contribution in [3.05, 3.63) is 24.0 Å². The molecule has 0 N–H and O–H groups in total. The summed E-state index contributed by atoms with van der Waals surface area (Å²) in [7, 11) is -2.00. The molecule has 0 amide bonds. The number of ether oxygens (including phenoxy) is 1. The van der Waals surface area contributed by atoms with Gasteiger partial charge in [0.1, 0.15) is 16.7 Å². The summed E-state index contributed by atoms with van der Waals surface area (Å²) in [6.45, 7) is 1.79. The van der Waals surface area contributed by atoms with Crippen LogP contribution in [-0.4, -0.2) is 44.5 Å². The largest absolute Gasteiger partial charge is 0.381 e. The molecule has 7 heteroatoms. The molecule has 108 valence electrons. The first-order chi connectivity index (χ1) is 9.54. The van der Waals surface area contributed by atoms with Crippen molar-refractivity contribution >= 4 is 10.0 Å². The highest BCUT2D eigenvalue weighted by atomic mass is 32.2. The molecule has 1 aliphatic heterocycles. The van der Waals surface area contributed by atoms with Crippen LogP contribution < -0.4 is 0 Å². The molecule has 0 saturated carbocycles. The van der Waals surface area contributed by atoms with Crippen molar-refractivity contribution in [2.24, 2.45) is 5.92 Å². The fourth-order valence-corrected chi connectivity index (χ4v) is 3.38. The molecular formula is C13H17N3O3S. The Labute approximate surface area is 119 Å². The Morgan fingerprint density at radius 2 is 2.35 bits per heavy atom. The van der Waals surface area contributed by atoms with E-state index in [9.17, 15) is 8.42 Å². The van der Waals surface area contributed by atoms with E-state index in [-0.39, 0.29) is 16.5 Å². The fraction of sp³-hybridized carbons (Fsp3) is 0.538. The third-order valence-electron chi connectivity index (χ3n) is 3.33. The summed E-state index contributed by atoms with van der Waals surface area (Å²) in [6, 6.07) is 4.68. The van der Waals surface area contributed by atoms with Gasteiger partial charge in [-0.15, -0.1) is 0 Å². The molecule has 1 aromatic heterocycles. The second kappa shape index (κ2) is 6.31. The molecular weight excluding hydrogens is 278 g/mol. The molecule has 1 atom stereocenters. The lowest BCUT2D eigenvalue weighted by atomic mass is 10.0. The van der Waals surface area contributed by atoms with E-state index in [2.05, 4.69) is 4.98 Å². The predicted molar refractivity (Wildman–Crippen MR) is 72.3 cm³/mol. The van der Waals surface area contributed by atoms with Gasteiger partial charge in [-0.1, -0.05) is 0 Å². The number of aromatic nitrogens is 1. The van der Waals surface area contributed by atoms with Gasteiger partial charge in [-0.05, 0) is 30.9 Å². The minimum Gasteiger partial charge on any atom is -0.381 e. The van der Waals surface area contributed by atoms with Crippen LogP contribution in [0.3, 0.4) is 0 Å². The van der Waals surface area contributed by atoms with E-state index in [1.54, 1.807) is 7.05 Å². The molecule has 0 aliphatic carbocycles. The first-order valence-electron chi connectivity index (χ1n) is 6.44. The zero-order valence-electron chi connectivity index (χ0n) is 11.3. The topological polar surface area (TPSA) is 83.3 Å². The maximum atomic E-state index is 12.4. The highest BCUT2D eigenvalue weighted by Gasteiger charge is 2.25. The van der Waals surface area contributed by atoms with Crippen molar-refractivity contribution in [1.82, 2.24) is 9.29 Å². The van der Waals surface area contributed by atoms with E-state index >= 15 is 0 Å². The zero-order valence-corrected chi connectivity index (χ0v) is 12.1. The average molecular weight is 295 g/mol. The monoisotopic (exact) mass is 295 g/mol. The molecule has 1 saturated heterocycles. The Balaban J connectivity index is 2.09. The van der Waals surface area contributed by atoms with Gasteiger partial charge >= 0.3 is 0 Å². The lowest BCUT2D eigenvalue weighted by molar-refractivity contribution is 0.0495. The number of pyridine rings is 1. The van der Waals surface area contributed by atoms with Crippen LogP contribution >= 0.6 is 0 Å². The molecule has 6 nitrogen and oxygen atoms in total. The fourth-order valence-electron chi connectivity index (χ4n) is 2.19. The number of hydrogen-bond donors (Lipinski definition) is 0. The second-order valence-corrected chi connectivity index (χ2v) is 6.90. The van der Waals surface area contributed by atoms with Crippen molar-refractivity contribution in [3.63, 3.8) is 0 Å². The van der Waals surface area contributed by atoms with Gasteiger partial charge in [0.2, 0.25) is 10.0 Å². The van der Waals surface area contributed by atoms with E-state index < -0.39 is 10.0 Å². The molecule has 0 aromatic carbocycles. The summed E-state index contributed by atoms with van der Waals surface area (Å²) >= 11 is 0. The maximum absolute atomic E-state index is 12.4. The van der Waals surface area contributed by atoms with Crippen LogP contribution in [0.1, 0.15) is 18.5 Å². The molecule has 2 rings (SSSR count). The quantitative estimate of drug-likeness (QED) is 0.827. The Hall–Kier alpha value is -1.49. The molecule has 1 aliphatic rings. The summed E-state index contributed by atoms with van der Waals surface area (Å²) in [5, 5.41) is 8.67. The van der Waals surface area contributed by atoms with Gasteiger partial charge < -0.3 is 4.74 Å². The number of sulfonamides is 1. The second-order valence-electron chi connectivity index (χ2n) is 4.86. The van der Waals surface area contributed by atoms with Crippen LogP contribution in [0.15, 0.2) is 23.2 Å². The summed E-state index contributed by atoms with van der Waals surface area (Å²) in [5.74, 6) is 0.231. The maximum Gasteiger partial charge on any atom is 0.244 e. The lowest BCUT2D eigenvalue weighted by Gasteiger charge is -2.26. The third kappa shape index (κ3) is 3.33. The Bertz CT molecular complexity index is 586. The highest BCUT2D eigenvalue weighted by Crippen LogP contribution is 2.19. The van der Waals surface area contributed by atoms with Crippen molar-refractivity contribution in [2.75, 3.05) is 26.8 Å². The van der Waals surface area contributed by atoms with Gasteiger partial charge in [0.25, 0.3) is 0 Å². The van der Waals surface area contributed by atoms with Crippen LogP contribution in [0.2, 0.25) is 0 Å². The van der Waals surface area contributed by atoms with Crippen molar-refractivity contribution in [2.45, 2.75) is 17.7 Å². The summed E-state index contributed by atoms with van der Waals surface area (Å²) in [4.78, 5) is 3.91. The van der Waals surface area contributed by atoms with Crippen molar-refractivity contribution in [3.8, 4) is 6.07 Å². The van der Waals surface area contributed by atoms with E-state index in [1.165, 1.54) is 22.6 Å². The first kappa shape index (κ1) is 14.9. The van der Waals surface area contributed by atoms with Gasteiger partial charge in [-0.25, -0.2) is 17.7 Å². The molecule has 1 aromatic rings. The molecule has 20 heavy (non-hydrogen) atoms. The Morgan fingerprint density at radius 1 is 1.55 bits per heavy atom. The molecule has 1 unspecified atom stereocenters. The predicted octanol–water partition coefficient (Wildman–Crippen LogP) is 1.00. The summed E-state index contributed by atoms with van der Waals surface area (Å²) in [6.07, 6.45) is 3.17. The third-order valence-corrected chi connectivity index (χ3v) is 5.14. The highest BCUT2D eigenvalue weighted by molar-refractivity contribution is 7.89. The van der Waals surface area contributed by atoms with E-state index in [4.69, 9.17) is 10.00 Å². The van der Waals surface area contributed by atoms with Crippen LogP contribution in [0.4, 0.5) is 0 Å². The number of nitrogens with zero attached hydrogens (tertiary/aromatic N) is 3. The summed E-state index contributed by atoms with van der Waals surface area (Å²) < 4.78 is 31.4. The van der Waals surface area contributed by atoms with Gasteiger partial charge in [-0.2, -0.15) is 5.26 Å². The number of hydrogen-bond acceptors (Lipinski definition) is 5. The van der Waals surface area contributed by atoms with Crippen LogP contribution in [0, 0.1) is 17.2 Å². The molecule has 1 fully saturated rings. The van der Waals surface area contributed by atoms with Gasteiger partial charge in [-0.3, -0.25) is 0 Å². The normalized spacial score (nSPS) is 19.8. The van der Waals surface area contributed by atoms with Crippen LogP contribution in [-0.2, 0) is 14.8 Å². The summed E-state index contributed by atoms with van der Waals surface area (Å²) in [5.41, 5.74) is 0.201. The molecule has 0 bridgehead atoms. The van der Waals surface area contributed by atoms with Gasteiger partial charge in [0.15, 0.2) is 0 Å². The standard InChI is InChI=1S/C13H17N3O3S/c1-16(9-11-3-2-6-19-10-11)20(17,18)13-5-4-12(7-14)15-8-13/h4-5,8,11H,2-3,6,9-10H2,1H3.